The number of nitrogens with one attached hydrogen (secondary N) is 1. The maximum atomic E-state index is 9.52. The van der Waals surface area contributed by atoms with E-state index in [9.17, 15) is 5.11 Å². The van der Waals surface area contributed by atoms with E-state index in [-0.39, 0.29) is 12.6 Å². The van der Waals surface area contributed by atoms with Crippen molar-refractivity contribution in [3.8, 4) is 0 Å². The van der Waals surface area contributed by atoms with Crippen molar-refractivity contribution in [3.05, 3.63) is 54.1 Å². The average Bonchev–Trinajstić information content (AvgIpc) is 2.92. The van der Waals surface area contributed by atoms with Crippen LogP contribution in [0.15, 0.2) is 52.9 Å². The molecule has 0 radical (unpaired) electrons. The monoisotopic (exact) mass is 283 g/mol. The predicted octanol–water partition coefficient (Wildman–Crippen LogP) is 2.43. The maximum Gasteiger partial charge on any atom is 0.296 e. The molecule has 0 amide bonds. The van der Waals surface area contributed by atoms with Crippen LogP contribution in [0.2, 0.25) is 0 Å². The molecule has 0 fully saturated rings. The van der Waals surface area contributed by atoms with Crippen molar-refractivity contribution >= 4 is 22.8 Å². The number of nitrogens with two attached hydrogens (primary N) is 1. The summed E-state index contributed by atoms with van der Waals surface area (Å²) in [7, 11) is 0. The maximum absolute atomic E-state index is 9.52. The predicted molar refractivity (Wildman–Crippen MR) is 83.1 cm³/mol. The van der Waals surface area contributed by atoms with E-state index in [4.69, 9.17) is 10.2 Å². The van der Waals surface area contributed by atoms with Crippen LogP contribution in [0, 0.1) is 0 Å². The molecule has 0 aliphatic rings. The topological polar surface area (TPSA) is 84.3 Å². The summed E-state index contributed by atoms with van der Waals surface area (Å²) in [4.78, 5) is 4.33. The number of oxazole rings is 1. The summed E-state index contributed by atoms with van der Waals surface area (Å²) in [6.07, 6.45) is 0.686. The Labute approximate surface area is 122 Å². The highest BCUT2D eigenvalue weighted by Crippen LogP contribution is 2.24. The molecule has 108 valence electrons. The van der Waals surface area contributed by atoms with Gasteiger partial charge in [-0.2, -0.15) is 4.98 Å². The summed E-state index contributed by atoms with van der Waals surface area (Å²) >= 11 is 0. The number of nitrogens with zero attached hydrogens (tertiary/aromatic N) is 1. The second kappa shape index (κ2) is 5.85. The van der Waals surface area contributed by atoms with Gasteiger partial charge in [-0.05, 0) is 24.1 Å². The van der Waals surface area contributed by atoms with Gasteiger partial charge in [-0.25, -0.2) is 0 Å². The van der Waals surface area contributed by atoms with Gasteiger partial charge in [0.1, 0.15) is 5.52 Å². The lowest BCUT2D eigenvalue weighted by Crippen LogP contribution is -2.26. The molecule has 5 heteroatoms. The molecule has 4 N–H and O–H groups in total. The van der Waals surface area contributed by atoms with Gasteiger partial charge in [-0.1, -0.05) is 36.4 Å². The van der Waals surface area contributed by atoms with Crippen molar-refractivity contribution in [2.45, 2.75) is 12.5 Å². The average molecular weight is 283 g/mol. The van der Waals surface area contributed by atoms with Gasteiger partial charge >= 0.3 is 0 Å². The van der Waals surface area contributed by atoms with Gasteiger partial charge in [0.2, 0.25) is 0 Å². The van der Waals surface area contributed by atoms with E-state index in [1.165, 1.54) is 0 Å². The summed E-state index contributed by atoms with van der Waals surface area (Å²) in [5, 5.41) is 12.6. The van der Waals surface area contributed by atoms with Gasteiger partial charge < -0.3 is 20.6 Å². The highest BCUT2D eigenvalue weighted by atomic mass is 16.4. The number of benzene rings is 2. The van der Waals surface area contributed by atoms with E-state index in [0.29, 0.717) is 29.2 Å². The molecular formula is C16H17N3O2. The molecule has 0 bridgehead atoms. The number of aliphatic hydroxyl groups excluding tert-OH is 1. The molecule has 0 saturated carbocycles. The summed E-state index contributed by atoms with van der Waals surface area (Å²) in [5.74, 6) is 0. The number of anilines is 2. The number of aliphatic hydroxyl groups is 1. The Kier molecular flexibility index (Phi) is 3.75. The van der Waals surface area contributed by atoms with Crippen molar-refractivity contribution in [3.63, 3.8) is 0 Å². The zero-order valence-electron chi connectivity index (χ0n) is 11.5. The molecule has 0 aliphatic heterocycles. The van der Waals surface area contributed by atoms with Gasteiger partial charge in [0.15, 0.2) is 5.58 Å². The first-order valence-corrected chi connectivity index (χ1v) is 6.82. The molecule has 2 aromatic carbocycles. The number of rotatable bonds is 5. The van der Waals surface area contributed by atoms with E-state index in [1.807, 2.05) is 42.5 Å². The Morgan fingerprint density at radius 2 is 1.95 bits per heavy atom. The lowest BCUT2D eigenvalue weighted by atomic mass is 10.1. The Morgan fingerprint density at radius 3 is 2.67 bits per heavy atom. The van der Waals surface area contributed by atoms with Crippen molar-refractivity contribution in [2.24, 2.45) is 0 Å². The number of fused-ring (bicyclic) bond motifs is 1. The third-order valence-corrected chi connectivity index (χ3v) is 3.32. The van der Waals surface area contributed by atoms with Crippen LogP contribution >= 0.6 is 0 Å². The molecule has 1 atom stereocenters. The summed E-state index contributed by atoms with van der Waals surface area (Å²) < 4.78 is 5.61. The summed E-state index contributed by atoms with van der Waals surface area (Å²) in [5.41, 5.74) is 8.84. The highest BCUT2D eigenvalue weighted by molar-refractivity contribution is 5.86. The molecular weight excluding hydrogens is 266 g/mol. The lowest BCUT2D eigenvalue weighted by Gasteiger charge is -2.14. The van der Waals surface area contributed by atoms with Crippen molar-refractivity contribution in [2.75, 3.05) is 17.7 Å². The van der Waals surface area contributed by atoms with Gasteiger partial charge in [0.25, 0.3) is 6.01 Å². The van der Waals surface area contributed by atoms with Crippen LogP contribution in [-0.2, 0) is 6.42 Å². The van der Waals surface area contributed by atoms with E-state index in [0.717, 1.165) is 5.56 Å². The second-order valence-corrected chi connectivity index (χ2v) is 4.93. The van der Waals surface area contributed by atoms with Gasteiger partial charge in [0, 0.05) is 0 Å². The highest BCUT2D eigenvalue weighted by Gasteiger charge is 2.13. The van der Waals surface area contributed by atoms with Crippen molar-refractivity contribution < 1.29 is 9.52 Å². The van der Waals surface area contributed by atoms with Gasteiger partial charge in [-0.3, -0.25) is 0 Å². The first kappa shape index (κ1) is 13.5. The molecule has 0 saturated heterocycles. The molecule has 21 heavy (non-hydrogen) atoms. The molecule has 0 aliphatic carbocycles. The third-order valence-electron chi connectivity index (χ3n) is 3.32. The second-order valence-electron chi connectivity index (χ2n) is 4.93. The van der Waals surface area contributed by atoms with Crippen LogP contribution in [0.1, 0.15) is 5.56 Å². The van der Waals surface area contributed by atoms with Crippen LogP contribution in [0.5, 0.6) is 0 Å². The van der Waals surface area contributed by atoms with E-state index < -0.39 is 0 Å². The molecule has 1 heterocycles. The minimum Gasteiger partial charge on any atom is -0.423 e. The van der Waals surface area contributed by atoms with Crippen molar-refractivity contribution in [1.82, 2.24) is 4.98 Å². The number of nitrogen functional groups attached to an aromatic ring is 1. The Morgan fingerprint density at radius 1 is 1.14 bits per heavy atom. The number of hydrogen-bond donors (Lipinski definition) is 3. The van der Waals surface area contributed by atoms with E-state index in [2.05, 4.69) is 10.3 Å². The number of para-hydroxylation sites is 1. The molecule has 5 nitrogen and oxygen atoms in total. The molecule has 1 aromatic heterocycles. The Hall–Kier alpha value is -2.53. The smallest absolute Gasteiger partial charge is 0.296 e. The summed E-state index contributed by atoms with van der Waals surface area (Å²) in [6, 6.07) is 15.6. The van der Waals surface area contributed by atoms with Crippen LogP contribution in [0.4, 0.5) is 11.7 Å². The van der Waals surface area contributed by atoms with Crippen molar-refractivity contribution in [1.29, 1.82) is 0 Å². The van der Waals surface area contributed by atoms with Gasteiger partial charge in [-0.15, -0.1) is 0 Å². The number of hydrogen-bond acceptors (Lipinski definition) is 5. The SMILES string of the molecule is Nc1cccc2oc(NC(CO)Cc3ccccc3)nc12. The standard InChI is InChI=1S/C16H17N3O2/c17-13-7-4-8-14-15(13)19-16(21-14)18-12(10-20)9-11-5-2-1-3-6-11/h1-8,12,20H,9-10,17H2,(H,18,19). The number of aromatic nitrogens is 1. The normalized spacial score (nSPS) is 12.4. The molecule has 3 aromatic rings. The first-order chi connectivity index (χ1) is 10.3. The third kappa shape index (κ3) is 2.98. The fraction of sp³-hybridized carbons (Fsp3) is 0.188. The van der Waals surface area contributed by atoms with Crippen LogP contribution < -0.4 is 11.1 Å². The van der Waals surface area contributed by atoms with Crippen LogP contribution in [0.3, 0.4) is 0 Å². The minimum atomic E-state index is -0.165. The fourth-order valence-electron chi connectivity index (χ4n) is 2.27. The van der Waals surface area contributed by atoms with Crippen LogP contribution in [-0.4, -0.2) is 22.7 Å². The largest absolute Gasteiger partial charge is 0.423 e. The lowest BCUT2D eigenvalue weighted by molar-refractivity contribution is 0.272. The minimum absolute atomic E-state index is 0.0108. The quantitative estimate of drug-likeness (QED) is 0.626. The molecule has 3 rings (SSSR count). The van der Waals surface area contributed by atoms with E-state index in [1.54, 1.807) is 6.07 Å². The zero-order chi connectivity index (χ0) is 14.7. The first-order valence-electron chi connectivity index (χ1n) is 6.82. The summed E-state index contributed by atoms with van der Waals surface area (Å²) in [6.45, 7) is -0.0108. The molecule has 0 spiro atoms. The Bertz CT molecular complexity index is 725. The fourth-order valence-corrected chi connectivity index (χ4v) is 2.27. The van der Waals surface area contributed by atoms with Gasteiger partial charge in [0.05, 0.1) is 18.3 Å². The zero-order valence-corrected chi connectivity index (χ0v) is 11.5. The molecule has 1 unspecified atom stereocenters. The Balaban J connectivity index is 1.77. The van der Waals surface area contributed by atoms with Crippen LogP contribution in [0.25, 0.3) is 11.1 Å². The van der Waals surface area contributed by atoms with E-state index >= 15 is 0 Å².